The Kier molecular flexibility index (Phi) is 4.81. The molecule has 0 radical (unpaired) electrons. The van der Waals surface area contributed by atoms with Crippen LogP contribution in [0.3, 0.4) is 0 Å². The molecular weight excluding hydrogens is 403 g/mol. The van der Waals surface area contributed by atoms with Gasteiger partial charge in [0.2, 0.25) is 15.0 Å². The van der Waals surface area contributed by atoms with Crippen molar-refractivity contribution in [3.8, 4) is 22.5 Å². The molecular formula is C22H23FN4O2S. The second-order valence-corrected chi connectivity index (χ2v) is 9.98. The number of anilines is 1. The molecule has 1 aromatic carbocycles. The normalized spacial score (nSPS) is 18.3. The van der Waals surface area contributed by atoms with Crippen LogP contribution in [-0.4, -0.2) is 34.7 Å². The van der Waals surface area contributed by atoms with Crippen LogP contribution in [0.15, 0.2) is 47.8 Å². The molecule has 2 aliphatic rings. The summed E-state index contributed by atoms with van der Waals surface area (Å²) in [6.45, 7) is 0.356. The van der Waals surface area contributed by atoms with Crippen molar-refractivity contribution in [2.24, 2.45) is 0 Å². The maximum atomic E-state index is 13.4. The Morgan fingerprint density at radius 2 is 1.80 bits per heavy atom. The Balaban J connectivity index is 1.60. The van der Waals surface area contributed by atoms with Gasteiger partial charge in [-0.05, 0) is 49.2 Å². The molecule has 0 atom stereocenters. The summed E-state index contributed by atoms with van der Waals surface area (Å²) < 4.78 is 40.2. The van der Waals surface area contributed by atoms with Crippen LogP contribution in [0.2, 0.25) is 0 Å². The lowest BCUT2D eigenvalue weighted by Gasteiger charge is -2.23. The van der Waals surface area contributed by atoms with Gasteiger partial charge in [0.1, 0.15) is 11.6 Å². The highest BCUT2D eigenvalue weighted by molar-refractivity contribution is 7.91. The summed E-state index contributed by atoms with van der Waals surface area (Å²) in [6, 6.07) is 10.2. The minimum Gasteiger partial charge on any atom is -0.367 e. The molecule has 1 saturated carbocycles. The van der Waals surface area contributed by atoms with Crippen molar-refractivity contribution < 1.29 is 12.8 Å². The predicted molar refractivity (Wildman–Crippen MR) is 113 cm³/mol. The van der Waals surface area contributed by atoms with Gasteiger partial charge in [-0.2, -0.15) is 0 Å². The Bertz CT molecular complexity index is 1180. The monoisotopic (exact) mass is 426 g/mol. The maximum absolute atomic E-state index is 13.4. The number of rotatable bonds is 4. The van der Waals surface area contributed by atoms with Gasteiger partial charge in [-0.1, -0.05) is 19.3 Å². The van der Waals surface area contributed by atoms with Crippen molar-refractivity contribution in [1.82, 2.24) is 14.5 Å². The average Bonchev–Trinajstić information content (AvgIpc) is 3.27. The Labute approximate surface area is 175 Å². The molecule has 1 fully saturated rings. The molecule has 1 aliphatic carbocycles. The van der Waals surface area contributed by atoms with Crippen LogP contribution >= 0.6 is 0 Å². The fourth-order valence-corrected chi connectivity index (χ4v) is 5.75. The zero-order chi connectivity index (χ0) is 20.7. The van der Waals surface area contributed by atoms with E-state index in [4.69, 9.17) is 0 Å². The van der Waals surface area contributed by atoms with Crippen molar-refractivity contribution in [1.29, 1.82) is 0 Å². The summed E-state index contributed by atoms with van der Waals surface area (Å²) in [4.78, 5) is 8.95. The van der Waals surface area contributed by atoms with E-state index in [9.17, 15) is 12.8 Å². The van der Waals surface area contributed by atoms with E-state index < -0.39 is 9.84 Å². The van der Waals surface area contributed by atoms with E-state index in [0.29, 0.717) is 23.8 Å². The minimum atomic E-state index is -3.42. The first-order valence-electron chi connectivity index (χ1n) is 10.3. The number of hydrogen-bond acceptors (Lipinski definition) is 5. The maximum Gasteiger partial charge on any atom is 0.228 e. The van der Waals surface area contributed by atoms with Crippen molar-refractivity contribution in [2.45, 2.75) is 49.8 Å². The van der Waals surface area contributed by atoms with Crippen LogP contribution in [0, 0.1) is 5.82 Å². The lowest BCUT2D eigenvalue weighted by Crippen LogP contribution is -2.22. The fraction of sp³-hybridized carbons (Fsp3) is 0.364. The van der Waals surface area contributed by atoms with E-state index in [1.54, 1.807) is 22.9 Å². The molecule has 0 amide bonds. The summed E-state index contributed by atoms with van der Waals surface area (Å²) in [6.07, 6.45) is 7.72. The Hall–Kier alpha value is -2.74. The summed E-state index contributed by atoms with van der Waals surface area (Å²) >= 11 is 0. The van der Waals surface area contributed by atoms with E-state index in [0.717, 1.165) is 29.9 Å². The topological polar surface area (TPSA) is 76.9 Å². The Morgan fingerprint density at radius 1 is 1.03 bits per heavy atom. The second-order valence-electron chi connectivity index (χ2n) is 7.98. The minimum absolute atomic E-state index is 0.0459. The molecule has 156 valence electrons. The summed E-state index contributed by atoms with van der Waals surface area (Å²) in [7, 11) is -3.42. The van der Waals surface area contributed by atoms with Crippen LogP contribution < -0.4 is 5.32 Å². The zero-order valence-electron chi connectivity index (χ0n) is 16.5. The highest BCUT2D eigenvalue weighted by atomic mass is 32.2. The third-order valence-electron chi connectivity index (χ3n) is 5.90. The number of pyridine rings is 1. The van der Waals surface area contributed by atoms with Crippen molar-refractivity contribution in [2.75, 3.05) is 11.1 Å². The lowest BCUT2D eigenvalue weighted by atomic mass is 9.95. The molecule has 6 nitrogen and oxygen atoms in total. The molecule has 0 bridgehead atoms. The van der Waals surface area contributed by atoms with Crippen LogP contribution in [0.25, 0.3) is 22.5 Å². The molecule has 3 aromatic rings. The highest BCUT2D eigenvalue weighted by Crippen LogP contribution is 2.37. The van der Waals surface area contributed by atoms with Gasteiger partial charge < -0.3 is 9.88 Å². The lowest BCUT2D eigenvalue weighted by molar-refractivity contribution is 0.462. The second kappa shape index (κ2) is 7.50. The number of imidazole rings is 1. The molecule has 5 rings (SSSR count). The van der Waals surface area contributed by atoms with Gasteiger partial charge in [-0.25, -0.2) is 22.8 Å². The van der Waals surface area contributed by atoms with Gasteiger partial charge in [0.25, 0.3) is 0 Å². The van der Waals surface area contributed by atoms with Crippen molar-refractivity contribution in [3.05, 3.63) is 48.4 Å². The van der Waals surface area contributed by atoms with E-state index in [1.165, 1.54) is 31.4 Å². The van der Waals surface area contributed by atoms with Gasteiger partial charge in [-0.3, -0.25) is 0 Å². The molecule has 1 N–H and O–H groups in total. The quantitative estimate of drug-likeness (QED) is 0.674. The fourth-order valence-electron chi connectivity index (χ4n) is 4.39. The standard InChI is InChI=1S/C22H23FN4O2S/c23-17-8-6-15(7-9-17)20-21(27-12-13-30(28,29)22(27)26-20)16-10-11-24-19(14-16)25-18-4-2-1-3-5-18/h6-11,14,18H,1-5,12-13H2,(H,24,25). The third kappa shape index (κ3) is 3.49. The number of benzene rings is 1. The Morgan fingerprint density at radius 3 is 2.57 bits per heavy atom. The van der Waals surface area contributed by atoms with E-state index >= 15 is 0 Å². The summed E-state index contributed by atoms with van der Waals surface area (Å²) in [5, 5.41) is 3.60. The van der Waals surface area contributed by atoms with Crippen LogP contribution in [0.5, 0.6) is 0 Å². The number of hydrogen-bond donors (Lipinski definition) is 1. The largest absolute Gasteiger partial charge is 0.367 e. The number of nitrogens with zero attached hydrogens (tertiary/aromatic N) is 3. The predicted octanol–water partition coefficient (Wildman–Crippen LogP) is 4.28. The first-order valence-corrected chi connectivity index (χ1v) is 12.0. The molecule has 8 heteroatoms. The molecule has 3 heterocycles. The van der Waals surface area contributed by atoms with Gasteiger partial charge in [0.15, 0.2) is 0 Å². The van der Waals surface area contributed by atoms with Gasteiger partial charge in [0.05, 0.1) is 17.1 Å². The number of sulfone groups is 1. The van der Waals surface area contributed by atoms with Gasteiger partial charge in [-0.15, -0.1) is 0 Å². The molecule has 0 unspecified atom stereocenters. The summed E-state index contributed by atoms with van der Waals surface area (Å²) in [5.74, 6) is 0.480. The summed E-state index contributed by atoms with van der Waals surface area (Å²) in [5.41, 5.74) is 2.80. The van der Waals surface area contributed by atoms with Crippen LogP contribution in [0.4, 0.5) is 10.2 Å². The number of nitrogens with one attached hydrogen (secondary N) is 1. The zero-order valence-corrected chi connectivity index (χ0v) is 17.3. The van der Waals surface area contributed by atoms with E-state index in [2.05, 4.69) is 15.3 Å². The number of fused-ring (bicyclic) bond motifs is 1. The molecule has 1 aliphatic heterocycles. The average molecular weight is 427 g/mol. The third-order valence-corrected chi connectivity index (χ3v) is 7.49. The van der Waals surface area contributed by atoms with Gasteiger partial charge >= 0.3 is 0 Å². The SMILES string of the molecule is O=S1(=O)CCn2c1nc(-c1ccc(F)cc1)c2-c1ccnc(NC2CCCCC2)c1. The molecule has 2 aromatic heterocycles. The molecule has 0 saturated heterocycles. The first kappa shape index (κ1) is 19.2. The number of aromatic nitrogens is 3. The number of halogens is 1. The van der Waals surface area contributed by atoms with E-state index in [1.807, 2.05) is 12.1 Å². The highest BCUT2D eigenvalue weighted by Gasteiger charge is 2.33. The first-order chi connectivity index (χ1) is 14.5. The van der Waals surface area contributed by atoms with Crippen molar-refractivity contribution in [3.63, 3.8) is 0 Å². The molecule has 30 heavy (non-hydrogen) atoms. The van der Waals surface area contributed by atoms with Crippen molar-refractivity contribution >= 4 is 15.7 Å². The smallest absolute Gasteiger partial charge is 0.228 e. The van der Waals surface area contributed by atoms with Gasteiger partial charge in [0, 0.05) is 29.9 Å². The van der Waals surface area contributed by atoms with Crippen LogP contribution in [0.1, 0.15) is 32.1 Å². The van der Waals surface area contributed by atoms with E-state index in [-0.39, 0.29) is 16.7 Å². The van der Waals surface area contributed by atoms with Crippen LogP contribution in [-0.2, 0) is 16.4 Å². The molecule has 0 spiro atoms.